The van der Waals surface area contributed by atoms with Crippen molar-refractivity contribution in [2.75, 3.05) is 26.4 Å². The molecule has 21 heavy (non-hydrogen) atoms. The van der Waals surface area contributed by atoms with E-state index in [4.69, 9.17) is 4.74 Å². The molecular formula is C13H13BrF3NO3. The highest BCUT2D eigenvalue weighted by atomic mass is 79.9. The van der Waals surface area contributed by atoms with E-state index >= 15 is 0 Å². The number of aliphatic hydroxyl groups is 1. The molecule has 4 nitrogen and oxygen atoms in total. The van der Waals surface area contributed by atoms with Gasteiger partial charge in [-0.2, -0.15) is 13.2 Å². The molecule has 1 N–H and O–H groups in total. The van der Waals surface area contributed by atoms with Crippen molar-refractivity contribution in [3.05, 3.63) is 33.8 Å². The molecule has 2 rings (SSSR count). The monoisotopic (exact) mass is 367 g/mol. The quantitative estimate of drug-likeness (QED) is 0.872. The number of aliphatic hydroxyl groups excluding tert-OH is 1. The van der Waals surface area contributed by atoms with Crippen molar-refractivity contribution in [3.63, 3.8) is 0 Å². The van der Waals surface area contributed by atoms with Gasteiger partial charge in [0.25, 0.3) is 5.91 Å². The predicted octanol–water partition coefficient (Wildman–Crippen LogP) is 2.30. The summed E-state index contributed by atoms with van der Waals surface area (Å²) in [7, 11) is 0. The molecule has 1 heterocycles. The number of hydrogen-bond donors (Lipinski definition) is 1. The minimum Gasteiger partial charge on any atom is -0.394 e. The smallest absolute Gasteiger partial charge is 0.394 e. The molecule has 0 radical (unpaired) electrons. The molecule has 1 unspecified atom stereocenters. The van der Waals surface area contributed by atoms with Crippen molar-refractivity contribution in [2.45, 2.75) is 12.2 Å². The first-order chi connectivity index (χ1) is 9.84. The van der Waals surface area contributed by atoms with Gasteiger partial charge in [0.05, 0.1) is 37.0 Å². The van der Waals surface area contributed by atoms with Crippen molar-refractivity contribution in [1.82, 2.24) is 4.90 Å². The third-order valence-corrected chi connectivity index (χ3v) is 3.71. The van der Waals surface area contributed by atoms with E-state index in [1.165, 1.54) is 11.0 Å². The van der Waals surface area contributed by atoms with Crippen LogP contribution in [-0.4, -0.2) is 48.3 Å². The van der Waals surface area contributed by atoms with Gasteiger partial charge >= 0.3 is 6.18 Å². The van der Waals surface area contributed by atoms with Crippen molar-refractivity contribution in [1.29, 1.82) is 0 Å². The second kappa shape index (κ2) is 6.33. The molecule has 8 heteroatoms. The average molecular weight is 368 g/mol. The summed E-state index contributed by atoms with van der Waals surface area (Å²) in [5.74, 6) is -0.753. The Bertz CT molecular complexity index is 536. The molecular weight excluding hydrogens is 355 g/mol. The summed E-state index contributed by atoms with van der Waals surface area (Å²) in [6.07, 6.45) is -4.63. The molecule has 1 saturated heterocycles. The summed E-state index contributed by atoms with van der Waals surface area (Å²) in [4.78, 5) is 13.6. The van der Waals surface area contributed by atoms with Crippen LogP contribution in [-0.2, 0) is 10.9 Å². The van der Waals surface area contributed by atoms with Crippen LogP contribution in [0.4, 0.5) is 13.2 Å². The number of benzene rings is 1. The topological polar surface area (TPSA) is 49.8 Å². The van der Waals surface area contributed by atoms with Gasteiger partial charge in [-0.3, -0.25) is 4.79 Å². The summed E-state index contributed by atoms with van der Waals surface area (Å²) >= 11 is 2.97. The van der Waals surface area contributed by atoms with E-state index in [-0.39, 0.29) is 30.8 Å². The van der Waals surface area contributed by atoms with Gasteiger partial charge < -0.3 is 14.7 Å². The van der Waals surface area contributed by atoms with E-state index < -0.39 is 29.3 Å². The average Bonchev–Trinajstić information content (AvgIpc) is 2.45. The van der Waals surface area contributed by atoms with Gasteiger partial charge in [0.15, 0.2) is 0 Å². The summed E-state index contributed by atoms with van der Waals surface area (Å²) < 4.78 is 44.6. The maximum atomic E-state index is 13.1. The zero-order chi connectivity index (χ0) is 15.6. The summed E-state index contributed by atoms with van der Waals surface area (Å²) in [5, 5.41) is 9.23. The number of rotatable bonds is 2. The first kappa shape index (κ1) is 16.3. The number of ether oxygens (including phenoxy) is 1. The molecule has 0 spiro atoms. The molecule has 0 saturated carbocycles. The van der Waals surface area contributed by atoms with Gasteiger partial charge in [0, 0.05) is 11.0 Å². The minimum absolute atomic E-state index is 0.111. The van der Waals surface area contributed by atoms with Crippen LogP contribution < -0.4 is 0 Å². The van der Waals surface area contributed by atoms with Gasteiger partial charge in [0.1, 0.15) is 0 Å². The fraction of sp³-hybridized carbons (Fsp3) is 0.462. The summed E-state index contributed by atoms with van der Waals surface area (Å²) in [5.41, 5.74) is -1.42. The normalized spacial score (nSPS) is 19.7. The van der Waals surface area contributed by atoms with Crippen LogP contribution in [0.3, 0.4) is 0 Å². The molecule has 1 atom stereocenters. The lowest BCUT2D eigenvalue weighted by atomic mass is 10.0. The molecule has 0 aliphatic carbocycles. The lowest BCUT2D eigenvalue weighted by Crippen LogP contribution is -2.50. The van der Waals surface area contributed by atoms with E-state index in [0.717, 1.165) is 12.1 Å². The Morgan fingerprint density at radius 3 is 2.81 bits per heavy atom. The van der Waals surface area contributed by atoms with Crippen LogP contribution in [0.1, 0.15) is 15.9 Å². The highest BCUT2D eigenvalue weighted by molar-refractivity contribution is 9.10. The van der Waals surface area contributed by atoms with Crippen LogP contribution >= 0.6 is 15.9 Å². The first-order valence-electron chi connectivity index (χ1n) is 6.21. The number of carbonyl (C=O) groups is 1. The van der Waals surface area contributed by atoms with Gasteiger partial charge in [-0.15, -0.1) is 0 Å². The maximum absolute atomic E-state index is 13.1. The number of hydrogen-bond acceptors (Lipinski definition) is 3. The standard InChI is InChI=1S/C13H13BrF3NO3/c14-8-1-2-10(11(5-8)13(15,16)17)12(20)18-3-4-21-7-9(18)6-19/h1-2,5,9,19H,3-4,6-7H2. The highest BCUT2D eigenvalue weighted by Crippen LogP contribution is 2.34. The SMILES string of the molecule is O=C(c1ccc(Br)cc1C(F)(F)F)N1CCOCC1CO. The number of carbonyl (C=O) groups excluding carboxylic acids is 1. The van der Waals surface area contributed by atoms with Crippen molar-refractivity contribution in [3.8, 4) is 0 Å². The Morgan fingerprint density at radius 2 is 2.19 bits per heavy atom. The Kier molecular flexibility index (Phi) is 4.90. The molecule has 0 aromatic heterocycles. The largest absolute Gasteiger partial charge is 0.417 e. The molecule has 116 valence electrons. The maximum Gasteiger partial charge on any atom is 0.417 e. The van der Waals surface area contributed by atoms with E-state index in [0.29, 0.717) is 0 Å². The van der Waals surface area contributed by atoms with Gasteiger partial charge in [-0.1, -0.05) is 15.9 Å². The number of nitrogens with zero attached hydrogens (tertiary/aromatic N) is 1. The fourth-order valence-corrected chi connectivity index (χ4v) is 2.53. The zero-order valence-corrected chi connectivity index (χ0v) is 12.4. The second-order valence-electron chi connectivity index (χ2n) is 4.60. The third-order valence-electron chi connectivity index (χ3n) is 3.22. The highest BCUT2D eigenvalue weighted by Gasteiger charge is 2.38. The van der Waals surface area contributed by atoms with Crippen LogP contribution in [0.5, 0.6) is 0 Å². The van der Waals surface area contributed by atoms with E-state index in [9.17, 15) is 23.1 Å². The molecule has 1 aliphatic rings. The molecule has 1 aliphatic heterocycles. The van der Waals surface area contributed by atoms with Crippen LogP contribution in [0, 0.1) is 0 Å². The molecule has 1 aromatic carbocycles. The first-order valence-corrected chi connectivity index (χ1v) is 7.00. The number of morpholine rings is 1. The van der Waals surface area contributed by atoms with Gasteiger partial charge in [0.2, 0.25) is 0 Å². The summed E-state index contributed by atoms with van der Waals surface area (Å²) in [6.45, 7) is 0.140. The summed E-state index contributed by atoms with van der Waals surface area (Å²) in [6, 6.07) is 2.77. The van der Waals surface area contributed by atoms with Gasteiger partial charge in [-0.05, 0) is 18.2 Å². The van der Waals surface area contributed by atoms with Crippen molar-refractivity contribution >= 4 is 21.8 Å². The Hall–Kier alpha value is -1.12. The zero-order valence-electron chi connectivity index (χ0n) is 10.9. The fourth-order valence-electron chi connectivity index (χ4n) is 2.17. The minimum atomic E-state index is -4.63. The predicted molar refractivity (Wildman–Crippen MR) is 71.9 cm³/mol. The number of amides is 1. The van der Waals surface area contributed by atoms with Crippen molar-refractivity contribution < 1.29 is 27.8 Å². The van der Waals surface area contributed by atoms with Crippen LogP contribution in [0.2, 0.25) is 0 Å². The third kappa shape index (κ3) is 3.56. The van der Waals surface area contributed by atoms with E-state index in [1.54, 1.807) is 0 Å². The lowest BCUT2D eigenvalue weighted by Gasteiger charge is -2.35. The Labute approximate surface area is 127 Å². The Balaban J connectivity index is 2.39. The lowest BCUT2D eigenvalue weighted by molar-refractivity contribution is -0.138. The molecule has 1 amide bonds. The van der Waals surface area contributed by atoms with E-state index in [2.05, 4.69) is 15.9 Å². The van der Waals surface area contributed by atoms with Crippen LogP contribution in [0.25, 0.3) is 0 Å². The van der Waals surface area contributed by atoms with Crippen molar-refractivity contribution in [2.24, 2.45) is 0 Å². The molecule has 1 fully saturated rings. The van der Waals surface area contributed by atoms with Gasteiger partial charge in [-0.25, -0.2) is 0 Å². The number of halogens is 4. The molecule has 0 bridgehead atoms. The van der Waals surface area contributed by atoms with Crippen LogP contribution in [0.15, 0.2) is 22.7 Å². The number of alkyl halides is 3. The Morgan fingerprint density at radius 1 is 1.48 bits per heavy atom. The molecule has 1 aromatic rings. The van der Waals surface area contributed by atoms with E-state index in [1.807, 2.05) is 0 Å². The second-order valence-corrected chi connectivity index (χ2v) is 5.51.